The molecule has 17 heavy (non-hydrogen) atoms. The molecule has 1 atom stereocenters. The Hall–Kier alpha value is -0.880. The molecular formula is C11H17N3OS2. The summed E-state index contributed by atoms with van der Waals surface area (Å²) in [5.74, 6) is 1.85. The van der Waals surface area contributed by atoms with E-state index in [1.54, 1.807) is 18.0 Å². The van der Waals surface area contributed by atoms with E-state index < -0.39 is 0 Å². The van der Waals surface area contributed by atoms with Crippen molar-refractivity contribution in [1.82, 2.24) is 10.3 Å². The first-order chi connectivity index (χ1) is 7.95. The van der Waals surface area contributed by atoms with Gasteiger partial charge in [-0.15, -0.1) is 11.8 Å². The number of anilines is 1. The second-order valence-electron chi connectivity index (χ2n) is 4.86. The smallest absolute Gasteiger partial charge is 0.181 e. The van der Waals surface area contributed by atoms with Crippen LogP contribution in [0.1, 0.15) is 20.8 Å². The molecule has 0 spiro atoms. The van der Waals surface area contributed by atoms with Gasteiger partial charge in [-0.2, -0.15) is 0 Å². The van der Waals surface area contributed by atoms with Crippen LogP contribution in [0.25, 0.3) is 0 Å². The van der Waals surface area contributed by atoms with Crippen molar-refractivity contribution in [1.29, 1.82) is 0 Å². The molecule has 1 aromatic rings. The fourth-order valence-corrected chi connectivity index (χ4v) is 3.08. The minimum atomic E-state index is 0.0394. The molecule has 2 heterocycles. The number of nitrogens with zero attached hydrogens (tertiary/aromatic N) is 1. The molecule has 1 aromatic heterocycles. The van der Waals surface area contributed by atoms with E-state index in [2.05, 4.69) is 31.1 Å². The Kier molecular flexibility index (Phi) is 3.53. The van der Waals surface area contributed by atoms with Crippen LogP contribution in [0.15, 0.2) is 22.4 Å². The van der Waals surface area contributed by atoms with Crippen molar-refractivity contribution in [2.45, 2.75) is 31.2 Å². The number of allylic oxidation sites excluding steroid dienone is 1. The summed E-state index contributed by atoms with van der Waals surface area (Å²) < 4.78 is 6.96. The predicted octanol–water partition coefficient (Wildman–Crippen LogP) is 2.65. The number of thioether (sulfide) groups is 1. The highest BCUT2D eigenvalue weighted by molar-refractivity contribution is 8.01. The zero-order valence-corrected chi connectivity index (χ0v) is 11.8. The number of ether oxygens (including phenoxy) is 1. The third-order valence-corrected chi connectivity index (χ3v) is 4.37. The lowest BCUT2D eigenvalue weighted by Crippen LogP contribution is -2.24. The van der Waals surface area contributed by atoms with Crippen molar-refractivity contribution in [2.75, 3.05) is 11.5 Å². The Morgan fingerprint density at radius 1 is 1.59 bits per heavy atom. The van der Waals surface area contributed by atoms with Gasteiger partial charge < -0.3 is 15.8 Å². The van der Waals surface area contributed by atoms with Gasteiger partial charge in [0.25, 0.3) is 0 Å². The molecule has 3 N–H and O–H groups in total. The molecular weight excluding hydrogens is 254 g/mol. The molecule has 0 bridgehead atoms. The molecule has 1 aliphatic heterocycles. The molecule has 0 amide bonds. The molecule has 6 heteroatoms. The van der Waals surface area contributed by atoms with Crippen LogP contribution in [-0.2, 0) is 4.74 Å². The summed E-state index contributed by atoms with van der Waals surface area (Å²) in [7, 11) is 0. The van der Waals surface area contributed by atoms with Crippen molar-refractivity contribution < 1.29 is 4.74 Å². The quantitative estimate of drug-likeness (QED) is 0.828. The summed E-state index contributed by atoms with van der Waals surface area (Å²) in [5.41, 5.74) is 5.64. The standard InChI is InChI=1S/C11H17N3OS2/c1-11(2,3)7-4-13-8(15-7)6-16-9-5-14-10(12)17-9/h4-5,8,13H,6H2,1-3H3,(H2,12,14). The van der Waals surface area contributed by atoms with Crippen molar-refractivity contribution >= 4 is 28.2 Å². The number of hydrogen-bond acceptors (Lipinski definition) is 6. The Morgan fingerprint density at radius 3 is 2.88 bits per heavy atom. The topological polar surface area (TPSA) is 60.2 Å². The van der Waals surface area contributed by atoms with Gasteiger partial charge in [-0.3, -0.25) is 0 Å². The van der Waals surface area contributed by atoms with E-state index in [9.17, 15) is 0 Å². The van der Waals surface area contributed by atoms with Gasteiger partial charge >= 0.3 is 0 Å². The minimum absolute atomic E-state index is 0.0394. The van der Waals surface area contributed by atoms with Gasteiger partial charge in [0, 0.05) is 11.6 Å². The Morgan fingerprint density at radius 2 is 2.35 bits per heavy atom. The number of thiazole rings is 1. The van der Waals surface area contributed by atoms with Crippen molar-refractivity contribution in [2.24, 2.45) is 5.41 Å². The highest BCUT2D eigenvalue weighted by atomic mass is 32.2. The van der Waals surface area contributed by atoms with Crippen LogP contribution >= 0.6 is 23.1 Å². The largest absolute Gasteiger partial charge is 0.472 e. The van der Waals surface area contributed by atoms with Gasteiger partial charge in [-0.05, 0) is 0 Å². The monoisotopic (exact) mass is 271 g/mol. The van der Waals surface area contributed by atoms with Gasteiger partial charge in [-0.25, -0.2) is 4.98 Å². The molecule has 94 valence electrons. The summed E-state index contributed by atoms with van der Waals surface area (Å²) >= 11 is 3.21. The van der Waals surface area contributed by atoms with Crippen molar-refractivity contribution in [3.8, 4) is 0 Å². The fraction of sp³-hybridized carbons (Fsp3) is 0.545. The number of aromatic nitrogens is 1. The van der Waals surface area contributed by atoms with Crippen LogP contribution in [-0.4, -0.2) is 17.0 Å². The maximum absolute atomic E-state index is 5.84. The van der Waals surface area contributed by atoms with Crippen molar-refractivity contribution in [3.63, 3.8) is 0 Å². The summed E-state index contributed by atoms with van der Waals surface area (Å²) in [4.78, 5) is 4.02. The van der Waals surface area contributed by atoms with Gasteiger partial charge in [-0.1, -0.05) is 32.1 Å². The van der Waals surface area contributed by atoms with Gasteiger partial charge in [0.05, 0.1) is 16.2 Å². The molecule has 2 rings (SSSR count). The highest BCUT2D eigenvalue weighted by Crippen LogP contribution is 2.32. The summed E-state index contributed by atoms with van der Waals surface area (Å²) in [5, 5.41) is 3.85. The first-order valence-corrected chi connectivity index (χ1v) is 7.23. The number of nitrogens with two attached hydrogens (primary N) is 1. The summed E-state index contributed by atoms with van der Waals surface area (Å²) in [6.07, 6.45) is 3.81. The van der Waals surface area contributed by atoms with Gasteiger partial charge in [0.2, 0.25) is 0 Å². The summed E-state index contributed by atoms with van der Waals surface area (Å²) in [6, 6.07) is 0. The van der Waals surface area contributed by atoms with E-state index in [4.69, 9.17) is 10.5 Å². The maximum Gasteiger partial charge on any atom is 0.181 e. The molecule has 4 nitrogen and oxygen atoms in total. The first kappa shape index (κ1) is 12.6. The van der Waals surface area contributed by atoms with Crippen LogP contribution in [0.2, 0.25) is 0 Å². The van der Waals surface area contributed by atoms with Crippen molar-refractivity contribution in [3.05, 3.63) is 18.2 Å². The number of rotatable bonds is 3. The number of nitrogen functional groups attached to an aromatic ring is 1. The molecule has 1 unspecified atom stereocenters. The lowest BCUT2D eigenvalue weighted by Gasteiger charge is -2.21. The average molecular weight is 271 g/mol. The van der Waals surface area contributed by atoms with Crippen LogP contribution < -0.4 is 11.1 Å². The highest BCUT2D eigenvalue weighted by Gasteiger charge is 2.26. The third kappa shape index (κ3) is 3.29. The Bertz CT molecular complexity index is 423. The number of nitrogens with one attached hydrogen (secondary N) is 1. The van der Waals surface area contributed by atoms with Crippen LogP contribution in [0.5, 0.6) is 0 Å². The zero-order chi connectivity index (χ0) is 12.5. The van der Waals surface area contributed by atoms with Crippen LogP contribution in [0.3, 0.4) is 0 Å². The van der Waals surface area contributed by atoms with Crippen LogP contribution in [0.4, 0.5) is 5.13 Å². The lowest BCUT2D eigenvalue weighted by atomic mass is 9.95. The SMILES string of the molecule is CC(C)(C)C1=CNC(CSc2cnc(N)s2)O1. The van der Waals surface area contributed by atoms with Gasteiger partial charge in [0.15, 0.2) is 11.4 Å². The van der Waals surface area contributed by atoms with E-state index in [1.807, 2.05) is 6.20 Å². The number of hydrogen-bond donors (Lipinski definition) is 2. The fourth-order valence-electron chi connectivity index (χ4n) is 1.36. The Labute approximate surface area is 110 Å². The molecule has 0 saturated heterocycles. The summed E-state index contributed by atoms with van der Waals surface area (Å²) in [6.45, 7) is 6.42. The van der Waals surface area contributed by atoms with Crippen LogP contribution in [0, 0.1) is 5.41 Å². The lowest BCUT2D eigenvalue weighted by molar-refractivity contribution is 0.108. The second-order valence-corrected chi connectivity index (χ2v) is 7.24. The predicted molar refractivity (Wildman–Crippen MR) is 72.8 cm³/mol. The Balaban J connectivity index is 1.80. The van der Waals surface area contributed by atoms with E-state index in [1.165, 1.54) is 11.3 Å². The molecule has 0 radical (unpaired) electrons. The molecule has 1 aliphatic rings. The second kappa shape index (κ2) is 4.78. The third-order valence-electron chi connectivity index (χ3n) is 2.29. The molecule has 0 aliphatic carbocycles. The van der Waals surface area contributed by atoms with E-state index in [0.29, 0.717) is 5.13 Å². The maximum atomic E-state index is 5.84. The first-order valence-electron chi connectivity index (χ1n) is 5.42. The average Bonchev–Trinajstić information content (AvgIpc) is 2.82. The zero-order valence-electron chi connectivity index (χ0n) is 10.2. The molecule has 0 fully saturated rings. The van der Waals surface area contributed by atoms with E-state index in [-0.39, 0.29) is 11.6 Å². The minimum Gasteiger partial charge on any atom is -0.472 e. The van der Waals surface area contributed by atoms with E-state index >= 15 is 0 Å². The van der Waals surface area contributed by atoms with E-state index in [0.717, 1.165) is 15.7 Å². The normalized spacial score (nSPS) is 19.7. The van der Waals surface area contributed by atoms with Gasteiger partial charge in [0.1, 0.15) is 5.76 Å². The molecule has 0 aromatic carbocycles. The molecule has 0 saturated carbocycles.